The van der Waals surface area contributed by atoms with Crippen LogP contribution >= 0.6 is 0 Å². The highest BCUT2D eigenvalue weighted by Crippen LogP contribution is 2.29. The van der Waals surface area contributed by atoms with E-state index in [-0.39, 0.29) is 23.3 Å². The minimum absolute atomic E-state index is 0.120. The molecule has 0 spiro atoms. The Morgan fingerprint density at radius 2 is 2.19 bits per heavy atom. The second-order valence-corrected chi connectivity index (χ2v) is 4.74. The summed E-state index contributed by atoms with van der Waals surface area (Å²) in [4.78, 5) is 27.2. The van der Waals surface area contributed by atoms with E-state index in [1.165, 1.54) is 6.07 Å². The first-order chi connectivity index (χ1) is 10.0. The number of piperidine rings is 1. The van der Waals surface area contributed by atoms with Gasteiger partial charge in [-0.15, -0.1) is 0 Å². The Hall–Kier alpha value is -2.22. The molecule has 114 valence electrons. The fourth-order valence-electron chi connectivity index (χ4n) is 2.41. The van der Waals surface area contributed by atoms with Crippen LogP contribution in [0.25, 0.3) is 0 Å². The van der Waals surface area contributed by atoms with Crippen LogP contribution in [0.5, 0.6) is 0 Å². The number of aromatic carboxylic acids is 1. The van der Waals surface area contributed by atoms with Gasteiger partial charge in [0.15, 0.2) is 5.69 Å². The molecular formula is C13H17N3O5. The van der Waals surface area contributed by atoms with E-state index >= 15 is 0 Å². The average molecular weight is 295 g/mol. The van der Waals surface area contributed by atoms with Crippen LogP contribution in [0, 0.1) is 10.1 Å². The van der Waals surface area contributed by atoms with Gasteiger partial charge in [0, 0.05) is 25.8 Å². The molecule has 1 saturated heterocycles. The van der Waals surface area contributed by atoms with E-state index in [2.05, 4.69) is 4.98 Å². The number of ether oxygens (including phenoxy) is 1. The Morgan fingerprint density at radius 3 is 2.71 bits per heavy atom. The lowest BCUT2D eigenvalue weighted by atomic mass is 10.1. The maximum atomic E-state index is 11.1. The molecule has 1 aromatic heterocycles. The molecule has 1 aliphatic rings. The summed E-state index contributed by atoms with van der Waals surface area (Å²) in [7, 11) is 0. The largest absolute Gasteiger partial charge is 0.477 e. The summed E-state index contributed by atoms with van der Waals surface area (Å²) in [5.74, 6) is -1.08. The molecule has 0 amide bonds. The monoisotopic (exact) mass is 295 g/mol. The van der Waals surface area contributed by atoms with Crippen molar-refractivity contribution in [3.05, 3.63) is 27.9 Å². The number of hydrogen-bond acceptors (Lipinski definition) is 6. The number of hydrogen-bond donors (Lipinski definition) is 1. The summed E-state index contributed by atoms with van der Waals surface area (Å²) >= 11 is 0. The molecule has 0 aliphatic carbocycles. The number of rotatable bonds is 5. The normalized spacial score (nSPS) is 16.0. The molecule has 8 heteroatoms. The van der Waals surface area contributed by atoms with Crippen molar-refractivity contribution in [3.63, 3.8) is 0 Å². The summed E-state index contributed by atoms with van der Waals surface area (Å²) < 4.78 is 5.53. The molecule has 1 aromatic rings. The average Bonchev–Trinajstić information content (AvgIpc) is 2.47. The molecule has 8 nitrogen and oxygen atoms in total. The van der Waals surface area contributed by atoms with Crippen molar-refractivity contribution in [3.8, 4) is 0 Å². The number of carboxylic acids is 1. The summed E-state index contributed by atoms with van der Waals surface area (Å²) in [6.07, 6.45) is 1.63. The van der Waals surface area contributed by atoms with Crippen LogP contribution in [-0.2, 0) is 4.74 Å². The first kappa shape index (κ1) is 15.2. The maximum Gasteiger partial charge on any atom is 0.354 e. The van der Waals surface area contributed by atoms with Gasteiger partial charge >= 0.3 is 11.7 Å². The Balaban J connectivity index is 2.23. The molecule has 0 radical (unpaired) electrons. The lowest BCUT2D eigenvalue weighted by Crippen LogP contribution is -2.38. The summed E-state index contributed by atoms with van der Waals surface area (Å²) in [6.45, 7) is 3.68. The van der Waals surface area contributed by atoms with Crippen LogP contribution < -0.4 is 4.90 Å². The molecule has 1 N–H and O–H groups in total. The first-order valence-corrected chi connectivity index (χ1v) is 6.78. The third-order valence-electron chi connectivity index (χ3n) is 3.41. The van der Waals surface area contributed by atoms with E-state index < -0.39 is 10.9 Å². The van der Waals surface area contributed by atoms with Crippen molar-refractivity contribution in [2.75, 3.05) is 24.6 Å². The number of nitro groups is 1. The molecule has 2 rings (SSSR count). The van der Waals surface area contributed by atoms with E-state index in [0.717, 1.165) is 18.9 Å². The number of pyridine rings is 1. The number of carbonyl (C=O) groups is 1. The Morgan fingerprint density at radius 1 is 1.52 bits per heavy atom. The lowest BCUT2D eigenvalue weighted by molar-refractivity contribution is -0.384. The van der Waals surface area contributed by atoms with Crippen LogP contribution in [0.3, 0.4) is 0 Å². The third-order valence-corrected chi connectivity index (χ3v) is 3.41. The van der Waals surface area contributed by atoms with Crippen LogP contribution in [0.15, 0.2) is 12.1 Å². The van der Waals surface area contributed by atoms with Gasteiger partial charge in [0.25, 0.3) is 0 Å². The zero-order valence-corrected chi connectivity index (χ0v) is 11.7. The summed E-state index contributed by atoms with van der Waals surface area (Å²) in [5, 5.41) is 20.1. The van der Waals surface area contributed by atoms with Crippen molar-refractivity contribution in [2.45, 2.75) is 25.9 Å². The minimum Gasteiger partial charge on any atom is -0.477 e. The zero-order valence-electron chi connectivity index (χ0n) is 11.7. The van der Waals surface area contributed by atoms with E-state index in [1.54, 1.807) is 4.90 Å². The highest BCUT2D eigenvalue weighted by atomic mass is 16.6. The molecule has 2 heterocycles. The van der Waals surface area contributed by atoms with E-state index in [0.29, 0.717) is 19.7 Å². The highest BCUT2D eigenvalue weighted by Gasteiger charge is 2.27. The maximum absolute atomic E-state index is 11.1. The van der Waals surface area contributed by atoms with Crippen LogP contribution in [0.4, 0.5) is 11.5 Å². The zero-order chi connectivity index (χ0) is 15.4. The fraction of sp³-hybridized carbons (Fsp3) is 0.538. The second kappa shape index (κ2) is 6.49. The van der Waals surface area contributed by atoms with Gasteiger partial charge in [-0.25, -0.2) is 9.78 Å². The first-order valence-electron chi connectivity index (χ1n) is 6.78. The third kappa shape index (κ3) is 3.46. The molecule has 1 fully saturated rings. The van der Waals surface area contributed by atoms with Gasteiger partial charge in [-0.3, -0.25) is 10.1 Å². The number of aromatic nitrogens is 1. The van der Waals surface area contributed by atoms with Crippen molar-refractivity contribution < 1.29 is 19.6 Å². The molecule has 0 atom stereocenters. The quantitative estimate of drug-likeness (QED) is 0.650. The van der Waals surface area contributed by atoms with Gasteiger partial charge in [0.2, 0.25) is 5.82 Å². The van der Waals surface area contributed by atoms with Crippen molar-refractivity contribution in [1.29, 1.82) is 0 Å². The van der Waals surface area contributed by atoms with Gasteiger partial charge < -0.3 is 14.7 Å². The lowest BCUT2D eigenvalue weighted by Gasteiger charge is -2.32. The molecule has 21 heavy (non-hydrogen) atoms. The SMILES string of the molecule is CCOC1CCN(c2nc(C(=O)O)ccc2[N+](=O)[O-])CC1. The fourth-order valence-corrected chi connectivity index (χ4v) is 2.41. The van der Waals surface area contributed by atoms with Crippen LogP contribution in [0.2, 0.25) is 0 Å². The minimum atomic E-state index is -1.20. The molecule has 0 aromatic carbocycles. The molecule has 0 saturated carbocycles. The molecular weight excluding hydrogens is 278 g/mol. The highest BCUT2D eigenvalue weighted by molar-refractivity contribution is 5.86. The molecule has 0 unspecified atom stereocenters. The van der Waals surface area contributed by atoms with Gasteiger partial charge in [-0.2, -0.15) is 0 Å². The number of anilines is 1. The van der Waals surface area contributed by atoms with Crippen molar-refractivity contribution in [1.82, 2.24) is 4.98 Å². The number of nitrogens with zero attached hydrogens (tertiary/aromatic N) is 3. The van der Waals surface area contributed by atoms with E-state index in [1.807, 2.05) is 6.92 Å². The Kier molecular flexibility index (Phi) is 4.69. The van der Waals surface area contributed by atoms with Gasteiger partial charge in [0.1, 0.15) is 0 Å². The van der Waals surface area contributed by atoms with Crippen molar-refractivity contribution >= 4 is 17.5 Å². The predicted molar refractivity (Wildman–Crippen MR) is 74.7 cm³/mol. The number of carboxylic acid groups (broad SMARTS) is 1. The van der Waals surface area contributed by atoms with Gasteiger partial charge in [0.05, 0.1) is 11.0 Å². The summed E-state index contributed by atoms with van der Waals surface area (Å²) in [6, 6.07) is 2.34. The Bertz CT molecular complexity index is 541. The molecule has 1 aliphatic heterocycles. The molecule has 0 bridgehead atoms. The van der Waals surface area contributed by atoms with E-state index in [4.69, 9.17) is 9.84 Å². The van der Waals surface area contributed by atoms with Gasteiger partial charge in [-0.05, 0) is 25.8 Å². The standard InChI is InChI=1S/C13H17N3O5/c1-2-21-9-5-7-15(8-6-9)12-11(16(19)20)4-3-10(14-12)13(17)18/h3-4,9H,2,5-8H2,1H3,(H,17,18). The van der Waals surface area contributed by atoms with Crippen LogP contribution in [-0.4, -0.2) is 46.8 Å². The Labute approximate surface area is 121 Å². The predicted octanol–water partition coefficient (Wildman–Crippen LogP) is 1.69. The smallest absolute Gasteiger partial charge is 0.354 e. The van der Waals surface area contributed by atoms with E-state index in [9.17, 15) is 14.9 Å². The second-order valence-electron chi connectivity index (χ2n) is 4.74. The van der Waals surface area contributed by atoms with Gasteiger partial charge in [-0.1, -0.05) is 0 Å². The van der Waals surface area contributed by atoms with Crippen LogP contribution in [0.1, 0.15) is 30.3 Å². The van der Waals surface area contributed by atoms with Crippen molar-refractivity contribution in [2.24, 2.45) is 0 Å². The topological polar surface area (TPSA) is 106 Å². The summed E-state index contributed by atoms with van der Waals surface area (Å²) in [5.41, 5.74) is -0.364.